The highest BCUT2D eigenvalue weighted by Gasteiger charge is 2.28. The van der Waals surface area contributed by atoms with E-state index in [0.717, 1.165) is 29.7 Å². The van der Waals surface area contributed by atoms with E-state index in [9.17, 15) is 9.59 Å². The molecule has 1 N–H and O–H groups in total. The molecule has 2 aromatic rings. The second-order valence-corrected chi connectivity index (χ2v) is 6.49. The van der Waals surface area contributed by atoms with Gasteiger partial charge in [0.15, 0.2) is 0 Å². The van der Waals surface area contributed by atoms with Gasteiger partial charge >= 0.3 is 0 Å². The molecule has 0 saturated carbocycles. The predicted octanol–water partition coefficient (Wildman–Crippen LogP) is 1.99. The van der Waals surface area contributed by atoms with Crippen LogP contribution in [0.4, 0.5) is 0 Å². The number of carbonyl (C=O) groups is 1. The number of aromatic nitrogens is 2. The van der Waals surface area contributed by atoms with Gasteiger partial charge in [-0.25, -0.2) is 4.68 Å². The fourth-order valence-electron chi connectivity index (χ4n) is 3.11. The quantitative estimate of drug-likeness (QED) is 0.923. The largest absolute Gasteiger partial charge is 0.373 e. The molecule has 0 bridgehead atoms. The van der Waals surface area contributed by atoms with E-state index in [4.69, 9.17) is 4.74 Å². The van der Waals surface area contributed by atoms with Crippen LogP contribution in [0.25, 0.3) is 0 Å². The molecule has 6 heteroatoms. The predicted molar refractivity (Wildman–Crippen MR) is 94.4 cm³/mol. The van der Waals surface area contributed by atoms with Crippen LogP contribution in [0.2, 0.25) is 0 Å². The highest BCUT2D eigenvalue weighted by atomic mass is 16.5. The van der Waals surface area contributed by atoms with E-state index in [1.807, 2.05) is 0 Å². The van der Waals surface area contributed by atoms with Crippen LogP contribution < -0.4 is 10.9 Å². The third kappa shape index (κ3) is 4.14. The van der Waals surface area contributed by atoms with Gasteiger partial charge in [-0.15, -0.1) is 0 Å². The van der Waals surface area contributed by atoms with Gasteiger partial charge in [0, 0.05) is 32.2 Å². The molecule has 1 saturated heterocycles. The van der Waals surface area contributed by atoms with Crippen LogP contribution in [0.5, 0.6) is 0 Å². The summed E-state index contributed by atoms with van der Waals surface area (Å²) < 4.78 is 7.14. The molecule has 6 nitrogen and oxygen atoms in total. The van der Waals surface area contributed by atoms with Crippen molar-refractivity contribution in [2.45, 2.75) is 25.9 Å². The normalized spacial score (nSPS) is 20.2. The summed E-state index contributed by atoms with van der Waals surface area (Å²) >= 11 is 0. The first kappa shape index (κ1) is 17.4. The van der Waals surface area contributed by atoms with E-state index < -0.39 is 0 Å². The first-order chi connectivity index (χ1) is 12.0. The summed E-state index contributed by atoms with van der Waals surface area (Å²) in [6, 6.07) is 11.1. The van der Waals surface area contributed by atoms with Crippen LogP contribution in [-0.4, -0.2) is 28.8 Å². The number of benzene rings is 1. The summed E-state index contributed by atoms with van der Waals surface area (Å²) in [5.41, 5.74) is 2.36. The second-order valence-electron chi connectivity index (χ2n) is 6.49. The molecule has 3 rings (SSSR count). The number of rotatable bonds is 4. The van der Waals surface area contributed by atoms with Gasteiger partial charge in [-0.3, -0.25) is 9.59 Å². The monoisotopic (exact) mass is 341 g/mol. The molecule has 132 valence electrons. The third-order valence-electron chi connectivity index (χ3n) is 4.57. The second kappa shape index (κ2) is 7.61. The number of nitrogens with zero attached hydrogens (tertiary/aromatic N) is 2. The van der Waals surface area contributed by atoms with E-state index >= 15 is 0 Å². The van der Waals surface area contributed by atoms with Crippen LogP contribution in [0.1, 0.15) is 40.6 Å². The summed E-state index contributed by atoms with van der Waals surface area (Å²) in [5, 5.41) is 6.91. The lowest BCUT2D eigenvalue weighted by Crippen LogP contribution is -2.36. The fraction of sp³-hybridized carbons (Fsp3) is 0.421. The molecule has 2 heterocycles. The van der Waals surface area contributed by atoms with E-state index in [0.29, 0.717) is 6.54 Å². The van der Waals surface area contributed by atoms with Crippen molar-refractivity contribution in [3.8, 4) is 0 Å². The molecule has 25 heavy (non-hydrogen) atoms. The molecule has 1 fully saturated rings. The maximum atomic E-state index is 12.3. The molecule has 1 aliphatic heterocycles. The van der Waals surface area contributed by atoms with Gasteiger partial charge < -0.3 is 10.1 Å². The number of ether oxygens (including phenoxy) is 1. The Kier molecular flexibility index (Phi) is 5.28. The molecule has 2 unspecified atom stereocenters. The summed E-state index contributed by atoms with van der Waals surface area (Å²) in [5.74, 6) is -0.0585. The number of carbonyl (C=O) groups excluding carboxylic acids is 1. The standard InChI is InChI=1S/C19H23N3O3/c1-13-5-7-14(8-6-13)18-15(4-3-11-25-18)12-20-19(24)16-9-10-17(23)22(2)21-16/h5-10,15,18H,3-4,11-12H2,1-2H3,(H,20,24). The zero-order valence-corrected chi connectivity index (χ0v) is 14.6. The number of hydrogen-bond acceptors (Lipinski definition) is 4. The molecule has 0 aliphatic carbocycles. The van der Waals surface area contributed by atoms with E-state index in [1.165, 1.54) is 24.7 Å². The minimum Gasteiger partial charge on any atom is -0.373 e. The van der Waals surface area contributed by atoms with Gasteiger partial charge in [-0.05, 0) is 31.4 Å². The summed E-state index contributed by atoms with van der Waals surface area (Å²) in [6.45, 7) is 3.32. The average molecular weight is 341 g/mol. The maximum Gasteiger partial charge on any atom is 0.271 e. The molecule has 1 amide bonds. The van der Waals surface area contributed by atoms with Crippen LogP contribution in [0.15, 0.2) is 41.2 Å². The zero-order chi connectivity index (χ0) is 17.8. The number of amides is 1. The van der Waals surface area contributed by atoms with Gasteiger partial charge in [-0.2, -0.15) is 5.10 Å². The molecule has 0 radical (unpaired) electrons. The summed E-state index contributed by atoms with van der Waals surface area (Å²) in [7, 11) is 1.53. The lowest BCUT2D eigenvalue weighted by Gasteiger charge is -2.32. The maximum absolute atomic E-state index is 12.3. The Morgan fingerprint density at radius 2 is 2.04 bits per heavy atom. The van der Waals surface area contributed by atoms with E-state index in [1.54, 1.807) is 0 Å². The third-order valence-corrected chi connectivity index (χ3v) is 4.57. The lowest BCUT2D eigenvalue weighted by atomic mass is 9.89. The molecule has 1 aromatic carbocycles. The minimum atomic E-state index is -0.274. The molecule has 1 aromatic heterocycles. The van der Waals surface area contributed by atoms with Crippen molar-refractivity contribution >= 4 is 5.91 Å². The van der Waals surface area contributed by atoms with Crippen molar-refractivity contribution in [2.24, 2.45) is 13.0 Å². The van der Waals surface area contributed by atoms with Crippen molar-refractivity contribution in [1.82, 2.24) is 15.1 Å². The van der Waals surface area contributed by atoms with Crippen molar-refractivity contribution in [1.29, 1.82) is 0 Å². The Labute approximate surface area is 146 Å². The van der Waals surface area contributed by atoms with E-state index in [2.05, 4.69) is 41.6 Å². The van der Waals surface area contributed by atoms with Crippen molar-refractivity contribution < 1.29 is 9.53 Å². The topological polar surface area (TPSA) is 73.2 Å². The smallest absolute Gasteiger partial charge is 0.271 e. The Balaban J connectivity index is 1.67. The highest BCUT2D eigenvalue weighted by Crippen LogP contribution is 2.33. The van der Waals surface area contributed by atoms with Gasteiger partial charge in [0.25, 0.3) is 11.5 Å². The SMILES string of the molecule is Cc1ccc(C2OCCCC2CNC(=O)c2ccc(=O)n(C)n2)cc1. The van der Waals surface area contributed by atoms with Gasteiger partial charge in [0.05, 0.1) is 6.10 Å². The Morgan fingerprint density at radius 1 is 1.28 bits per heavy atom. The first-order valence-electron chi connectivity index (χ1n) is 8.55. The fourth-order valence-corrected chi connectivity index (χ4v) is 3.11. The van der Waals surface area contributed by atoms with Crippen LogP contribution in [-0.2, 0) is 11.8 Å². The van der Waals surface area contributed by atoms with Crippen molar-refractivity contribution in [3.05, 3.63) is 63.6 Å². The Hall–Kier alpha value is -2.47. The molecule has 2 atom stereocenters. The van der Waals surface area contributed by atoms with Crippen molar-refractivity contribution in [2.75, 3.05) is 13.2 Å². The van der Waals surface area contributed by atoms with Gasteiger partial charge in [-0.1, -0.05) is 29.8 Å². The van der Waals surface area contributed by atoms with E-state index in [-0.39, 0.29) is 29.2 Å². The highest BCUT2D eigenvalue weighted by molar-refractivity contribution is 5.91. The Morgan fingerprint density at radius 3 is 2.76 bits per heavy atom. The zero-order valence-electron chi connectivity index (χ0n) is 14.6. The van der Waals surface area contributed by atoms with Gasteiger partial charge in [0.1, 0.15) is 5.69 Å². The molecule has 0 spiro atoms. The lowest BCUT2D eigenvalue weighted by molar-refractivity contribution is -0.0272. The Bertz CT molecular complexity index is 798. The van der Waals surface area contributed by atoms with Gasteiger partial charge in [0.2, 0.25) is 0 Å². The summed E-state index contributed by atoms with van der Waals surface area (Å²) in [4.78, 5) is 23.7. The molecular formula is C19H23N3O3. The van der Waals surface area contributed by atoms with Crippen LogP contribution >= 0.6 is 0 Å². The number of aryl methyl sites for hydroxylation is 2. The molecular weight excluding hydrogens is 318 g/mol. The van der Waals surface area contributed by atoms with Crippen LogP contribution in [0.3, 0.4) is 0 Å². The number of hydrogen-bond donors (Lipinski definition) is 1. The first-order valence-corrected chi connectivity index (χ1v) is 8.55. The summed E-state index contributed by atoms with van der Waals surface area (Å²) in [6.07, 6.45) is 1.98. The van der Waals surface area contributed by atoms with Crippen LogP contribution in [0, 0.1) is 12.8 Å². The molecule has 1 aliphatic rings. The minimum absolute atomic E-state index is 0.0114. The number of nitrogens with one attached hydrogen (secondary N) is 1. The van der Waals surface area contributed by atoms with Crippen molar-refractivity contribution in [3.63, 3.8) is 0 Å². The average Bonchev–Trinajstić information content (AvgIpc) is 2.63.